The maximum atomic E-state index is 13.8. The summed E-state index contributed by atoms with van der Waals surface area (Å²) in [6.45, 7) is 2.12. The number of imide groups is 1. The molecule has 30 heavy (non-hydrogen) atoms. The monoisotopic (exact) mass is 425 g/mol. The Morgan fingerprint density at radius 1 is 0.967 bits per heavy atom. The Labute approximate surface area is 177 Å². The molecule has 154 valence electrons. The molecule has 0 unspecified atom stereocenters. The molecule has 6 nitrogen and oxygen atoms in total. The van der Waals surface area contributed by atoms with Crippen LogP contribution >= 0.6 is 11.8 Å². The van der Waals surface area contributed by atoms with Gasteiger partial charge in [-0.2, -0.15) is 0 Å². The lowest BCUT2D eigenvalue weighted by Gasteiger charge is -2.36. The van der Waals surface area contributed by atoms with Crippen molar-refractivity contribution in [2.24, 2.45) is 0 Å². The predicted octanol–water partition coefficient (Wildman–Crippen LogP) is 3.21. The van der Waals surface area contributed by atoms with Crippen molar-refractivity contribution in [2.45, 2.75) is 0 Å². The Balaban J connectivity index is 1.37. The molecule has 2 fully saturated rings. The highest BCUT2D eigenvalue weighted by molar-refractivity contribution is 8.18. The van der Waals surface area contributed by atoms with Gasteiger partial charge in [-0.25, -0.2) is 4.39 Å². The molecule has 0 spiro atoms. The number of nitrogens with zero attached hydrogens (tertiary/aromatic N) is 3. The Hall–Kier alpha value is -3.13. The fourth-order valence-corrected chi connectivity index (χ4v) is 4.29. The fourth-order valence-electron chi connectivity index (χ4n) is 3.46. The van der Waals surface area contributed by atoms with Crippen LogP contribution in [0.2, 0.25) is 0 Å². The number of thioether (sulfide) groups is 1. The second-order valence-electron chi connectivity index (χ2n) is 6.99. The van der Waals surface area contributed by atoms with Gasteiger partial charge >= 0.3 is 0 Å². The van der Waals surface area contributed by atoms with Crippen molar-refractivity contribution < 1.29 is 18.8 Å². The van der Waals surface area contributed by atoms with Crippen molar-refractivity contribution in [1.82, 2.24) is 9.80 Å². The van der Waals surface area contributed by atoms with Crippen LogP contribution in [-0.2, 0) is 9.59 Å². The van der Waals surface area contributed by atoms with E-state index < -0.39 is 17.0 Å². The summed E-state index contributed by atoms with van der Waals surface area (Å²) in [5, 5.41) is -0.515. The number of rotatable bonds is 4. The van der Waals surface area contributed by atoms with Gasteiger partial charge in [-0.1, -0.05) is 36.4 Å². The molecule has 2 aliphatic heterocycles. The second kappa shape index (κ2) is 8.71. The number of benzene rings is 2. The molecule has 3 amide bonds. The van der Waals surface area contributed by atoms with Gasteiger partial charge < -0.3 is 9.80 Å². The van der Waals surface area contributed by atoms with Crippen LogP contribution < -0.4 is 4.90 Å². The first-order valence-electron chi connectivity index (χ1n) is 9.60. The molecular weight excluding hydrogens is 405 g/mol. The zero-order valence-corrected chi connectivity index (χ0v) is 17.0. The van der Waals surface area contributed by atoms with Crippen LogP contribution in [0.25, 0.3) is 6.08 Å². The summed E-state index contributed by atoms with van der Waals surface area (Å²) in [6.07, 6.45) is 1.35. The summed E-state index contributed by atoms with van der Waals surface area (Å²) in [6, 6.07) is 16.0. The maximum Gasteiger partial charge on any atom is 0.294 e. The van der Waals surface area contributed by atoms with Crippen molar-refractivity contribution in [3.8, 4) is 0 Å². The van der Waals surface area contributed by atoms with Crippen LogP contribution in [0, 0.1) is 5.82 Å². The van der Waals surface area contributed by atoms with Gasteiger partial charge in [-0.3, -0.25) is 19.3 Å². The molecular formula is C22H20FN3O3S. The van der Waals surface area contributed by atoms with Gasteiger partial charge in [-0.15, -0.1) is 0 Å². The Bertz CT molecular complexity index is 1000. The van der Waals surface area contributed by atoms with Crippen LogP contribution in [0.4, 0.5) is 14.9 Å². The fraction of sp³-hybridized carbons (Fsp3) is 0.227. The molecule has 0 radical (unpaired) electrons. The predicted molar refractivity (Wildman–Crippen MR) is 114 cm³/mol. The normalized spacial score (nSPS) is 18.4. The van der Waals surface area contributed by atoms with E-state index in [-0.39, 0.29) is 22.9 Å². The largest absolute Gasteiger partial charge is 0.368 e. The first-order valence-corrected chi connectivity index (χ1v) is 10.4. The molecule has 4 rings (SSSR count). The average Bonchev–Trinajstić information content (AvgIpc) is 3.03. The summed E-state index contributed by atoms with van der Waals surface area (Å²) in [5.41, 5.74) is 1.33. The molecule has 0 aliphatic carbocycles. The molecule has 0 bridgehead atoms. The highest BCUT2D eigenvalue weighted by Crippen LogP contribution is 2.32. The van der Waals surface area contributed by atoms with E-state index in [1.165, 1.54) is 18.2 Å². The molecule has 2 saturated heterocycles. The standard InChI is InChI=1S/C22H20FN3O3S/c23-18-9-5-4-6-16(18)14-19-21(28)26(22(29)30-19)15-20(27)25-12-10-24(11-13-25)17-7-2-1-3-8-17/h1-9,14H,10-13,15H2/b19-14+. The van der Waals surface area contributed by atoms with Crippen LogP contribution in [-0.4, -0.2) is 59.6 Å². The summed E-state index contributed by atoms with van der Waals surface area (Å²) in [7, 11) is 0. The number of anilines is 1. The third kappa shape index (κ3) is 4.23. The minimum atomic E-state index is -0.565. The molecule has 0 atom stereocenters. The zero-order chi connectivity index (χ0) is 21.1. The number of halogens is 1. The van der Waals surface area contributed by atoms with Crippen molar-refractivity contribution in [3.63, 3.8) is 0 Å². The molecule has 2 aromatic carbocycles. The van der Waals surface area contributed by atoms with E-state index in [0.717, 1.165) is 22.3 Å². The lowest BCUT2D eigenvalue weighted by Crippen LogP contribution is -2.51. The molecule has 0 aromatic heterocycles. The molecule has 8 heteroatoms. The number of para-hydroxylation sites is 1. The van der Waals surface area contributed by atoms with Gasteiger partial charge in [-0.05, 0) is 36.0 Å². The minimum Gasteiger partial charge on any atom is -0.368 e. The highest BCUT2D eigenvalue weighted by atomic mass is 32.2. The summed E-state index contributed by atoms with van der Waals surface area (Å²) in [4.78, 5) is 42.5. The lowest BCUT2D eigenvalue weighted by molar-refractivity contribution is -0.136. The van der Waals surface area contributed by atoms with E-state index in [4.69, 9.17) is 0 Å². The SMILES string of the molecule is O=C(CN1C(=O)S/C(=C/c2ccccc2F)C1=O)N1CCN(c2ccccc2)CC1. The van der Waals surface area contributed by atoms with Gasteiger partial charge in [0.1, 0.15) is 12.4 Å². The van der Waals surface area contributed by atoms with E-state index in [0.29, 0.717) is 26.2 Å². The molecule has 2 aliphatic rings. The number of amides is 3. The zero-order valence-electron chi connectivity index (χ0n) is 16.2. The first-order chi connectivity index (χ1) is 14.5. The van der Waals surface area contributed by atoms with Crippen LogP contribution in [0.15, 0.2) is 59.5 Å². The Morgan fingerprint density at radius 3 is 2.33 bits per heavy atom. The van der Waals surface area contributed by atoms with Crippen LogP contribution in [0.3, 0.4) is 0 Å². The second-order valence-corrected chi connectivity index (χ2v) is 7.99. The van der Waals surface area contributed by atoms with Crippen molar-refractivity contribution in [2.75, 3.05) is 37.6 Å². The quantitative estimate of drug-likeness (QED) is 0.704. The number of piperazine rings is 1. The summed E-state index contributed by atoms with van der Waals surface area (Å²) < 4.78 is 13.8. The topological polar surface area (TPSA) is 60.9 Å². The average molecular weight is 425 g/mol. The number of hydrogen-bond donors (Lipinski definition) is 0. The van der Waals surface area contributed by atoms with Crippen molar-refractivity contribution >= 4 is 40.6 Å². The molecule has 0 saturated carbocycles. The Morgan fingerprint density at radius 2 is 1.63 bits per heavy atom. The molecule has 2 heterocycles. The van der Waals surface area contributed by atoms with Gasteiger partial charge in [0.2, 0.25) is 5.91 Å². The minimum absolute atomic E-state index is 0.117. The third-order valence-electron chi connectivity index (χ3n) is 5.11. The van der Waals surface area contributed by atoms with Crippen LogP contribution in [0.1, 0.15) is 5.56 Å². The third-order valence-corrected chi connectivity index (χ3v) is 6.02. The van der Waals surface area contributed by atoms with E-state index in [2.05, 4.69) is 4.90 Å². The molecule has 0 N–H and O–H groups in total. The van der Waals surface area contributed by atoms with Gasteiger partial charge in [0.05, 0.1) is 4.91 Å². The van der Waals surface area contributed by atoms with Crippen LogP contribution in [0.5, 0.6) is 0 Å². The Kier molecular flexibility index (Phi) is 5.85. The van der Waals surface area contributed by atoms with Gasteiger partial charge in [0.25, 0.3) is 11.1 Å². The number of carbonyl (C=O) groups excluding carboxylic acids is 3. The lowest BCUT2D eigenvalue weighted by atomic mass is 10.2. The summed E-state index contributed by atoms with van der Waals surface area (Å²) in [5.74, 6) is -1.31. The molecule has 2 aromatic rings. The van der Waals surface area contributed by atoms with E-state index in [9.17, 15) is 18.8 Å². The van der Waals surface area contributed by atoms with E-state index in [1.54, 1.807) is 17.0 Å². The van der Waals surface area contributed by atoms with E-state index in [1.807, 2.05) is 30.3 Å². The number of hydrogen-bond acceptors (Lipinski definition) is 5. The highest BCUT2D eigenvalue weighted by Gasteiger charge is 2.37. The van der Waals surface area contributed by atoms with Crippen molar-refractivity contribution in [3.05, 3.63) is 70.9 Å². The van der Waals surface area contributed by atoms with Gasteiger partial charge in [0.15, 0.2) is 0 Å². The maximum absolute atomic E-state index is 13.8. The number of carbonyl (C=O) groups is 3. The van der Waals surface area contributed by atoms with Crippen molar-refractivity contribution in [1.29, 1.82) is 0 Å². The smallest absolute Gasteiger partial charge is 0.294 e. The summed E-state index contributed by atoms with van der Waals surface area (Å²) >= 11 is 0.725. The van der Waals surface area contributed by atoms with Gasteiger partial charge in [0, 0.05) is 37.4 Å². The van der Waals surface area contributed by atoms with E-state index >= 15 is 0 Å². The first kappa shape index (κ1) is 20.2.